The maximum atomic E-state index is 12.6. The van der Waals surface area contributed by atoms with Gasteiger partial charge in [0.05, 0.1) is 0 Å². The molecule has 0 bridgehead atoms. The number of rotatable bonds is 5. The summed E-state index contributed by atoms with van der Waals surface area (Å²) in [7, 11) is 4.10. The molecule has 0 aliphatic heterocycles. The Morgan fingerprint density at radius 3 is 2.43 bits per heavy atom. The van der Waals surface area contributed by atoms with Crippen LogP contribution < -0.4 is 10.2 Å². The van der Waals surface area contributed by atoms with Gasteiger partial charge in [-0.15, -0.1) is 0 Å². The lowest BCUT2D eigenvalue weighted by Crippen LogP contribution is -2.31. The molecule has 1 saturated carbocycles. The maximum Gasteiger partial charge on any atom is 0.272 e. The number of hydrogen-bond donors (Lipinski definition) is 2. The van der Waals surface area contributed by atoms with Gasteiger partial charge in [0.1, 0.15) is 0 Å². The van der Waals surface area contributed by atoms with Crippen molar-refractivity contribution < 1.29 is 4.79 Å². The van der Waals surface area contributed by atoms with Crippen LogP contribution in [0.15, 0.2) is 60.7 Å². The fourth-order valence-corrected chi connectivity index (χ4v) is 4.27. The highest BCUT2D eigenvalue weighted by molar-refractivity contribution is 5.97. The summed E-state index contributed by atoms with van der Waals surface area (Å²) < 4.78 is 0. The van der Waals surface area contributed by atoms with E-state index in [0.717, 1.165) is 30.5 Å². The molecule has 1 heterocycles. The van der Waals surface area contributed by atoms with Crippen LogP contribution in [-0.2, 0) is 11.8 Å². The van der Waals surface area contributed by atoms with Crippen molar-refractivity contribution in [2.24, 2.45) is 0 Å². The van der Waals surface area contributed by atoms with Crippen molar-refractivity contribution in [1.82, 2.24) is 15.5 Å². The number of aromatic nitrogens is 2. The number of nitrogens with zero attached hydrogens (tertiary/aromatic N) is 2. The molecule has 3 aromatic rings. The summed E-state index contributed by atoms with van der Waals surface area (Å²) in [6, 6.07) is 19.6. The second kappa shape index (κ2) is 7.17. The predicted molar refractivity (Wildman–Crippen MR) is 120 cm³/mol. The van der Waals surface area contributed by atoms with E-state index in [4.69, 9.17) is 0 Å². The van der Waals surface area contributed by atoms with E-state index in [1.807, 2.05) is 20.2 Å². The third-order valence-corrected chi connectivity index (χ3v) is 6.19. The van der Waals surface area contributed by atoms with E-state index in [1.165, 1.54) is 16.8 Å². The summed E-state index contributed by atoms with van der Waals surface area (Å²) in [4.78, 5) is 14.7. The quantitative estimate of drug-likeness (QED) is 0.685. The van der Waals surface area contributed by atoms with Crippen molar-refractivity contribution in [1.29, 1.82) is 0 Å². The molecule has 0 radical (unpaired) electrons. The van der Waals surface area contributed by atoms with Gasteiger partial charge in [-0.2, -0.15) is 5.10 Å². The van der Waals surface area contributed by atoms with Crippen LogP contribution in [0, 0.1) is 0 Å². The molecule has 5 nitrogen and oxygen atoms in total. The zero-order valence-electron chi connectivity index (χ0n) is 17.4. The van der Waals surface area contributed by atoms with Gasteiger partial charge in [0, 0.05) is 48.9 Å². The van der Waals surface area contributed by atoms with Crippen molar-refractivity contribution in [2.45, 2.75) is 30.7 Å². The Hall–Kier alpha value is -3.34. The minimum atomic E-state index is -0.310. The zero-order chi connectivity index (χ0) is 20.7. The lowest BCUT2D eigenvalue weighted by molar-refractivity contribution is 0.0946. The van der Waals surface area contributed by atoms with E-state index in [9.17, 15) is 4.79 Å². The van der Waals surface area contributed by atoms with Crippen LogP contribution in [0.2, 0.25) is 0 Å². The first kappa shape index (κ1) is 18.7. The van der Waals surface area contributed by atoms with Crippen molar-refractivity contribution in [3.8, 4) is 0 Å². The zero-order valence-corrected chi connectivity index (χ0v) is 17.4. The topological polar surface area (TPSA) is 61.0 Å². The number of benzene rings is 2. The first-order valence-electron chi connectivity index (χ1n) is 10.5. The normalized spacial score (nSPS) is 19.9. The first-order valence-corrected chi connectivity index (χ1v) is 10.5. The van der Waals surface area contributed by atoms with Gasteiger partial charge in [-0.05, 0) is 36.1 Å². The molecule has 0 spiro atoms. The number of H-pyrrole nitrogens is 1. The minimum absolute atomic E-state index is 0.0813. The molecule has 1 amide bonds. The molecule has 0 saturated heterocycles. The van der Waals surface area contributed by atoms with Crippen molar-refractivity contribution in [3.63, 3.8) is 0 Å². The van der Waals surface area contributed by atoms with E-state index >= 15 is 0 Å². The largest absolute Gasteiger partial charge is 0.378 e. The number of anilines is 1. The van der Waals surface area contributed by atoms with E-state index in [-0.39, 0.29) is 11.3 Å². The van der Waals surface area contributed by atoms with E-state index in [2.05, 4.69) is 81.1 Å². The molecule has 5 rings (SSSR count). The highest BCUT2D eigenvalue weighted by Gasteiger charge is 2.37. The van der Waals surface area contributed by atoms with Gasteiger partial charge >= 0.3 is 0 Å². The van der Waals surface area contributed by atoms with Crippen molar-refractivity contribution in [2.75, 3.05) is 19.0 Å². The fraction of sp³-hybridized carbons (Fsp3) is 0.280. The average Bonchev–Trinajstić information content (AvgIpc) is 3.49. The summed E-state index contributed by atoms with van der Waals surface area (Å²) in [6.45, 7) is 0. The van der Waals surface area contributed by atoms with Crippen LogP contribution in [0.3, 0.4) is 0 Å². The second-order valence-electron chi connectivity index (χ2n) is 8.50. The maximum absolute atomic E-state index is 12.6. The van der Waals surface area contributed by atoms with E-state index in [1.54, 1.807) is 0 Å². The molecule has 1 unspecified atom stereocenters. The molecule has 30 heavy (non-hydrogen) atoms. The Morgan fingerprint density at radius 2 is 1.77 bits per heavy atom. The number of aromatic amines is 1. The molecule has 5 heteroatoms. The van der Waals surface area contributed by atoms with Gasteiger partial charge in [0.25, 0.3) is 5.91 Å². The van der Waals surface area contributed by atoms with Gasteiger partial charge in [0.2, 0.25) is 0 Å². The third kappa shape index (κ3) is 3.20. The first-order chi connectivity index (χ1) is 14.6. The van der Waals surface area contributed by atoms with Crippen molar-refractivity contribution in [3.05, 3.63) is 88.8 Å². The number of amides is 1. The number of carbonyl (C=O) groups is 1. The molecule has 2 aliphatic carbocycles. The predicted octanol–water partition coefficient (Wildman–Crippen LogP) is 3.92. The average molecular weight is 399 g/mol. The summed E-state index contributed by atoms with van der Waals surface area (Å²) >= 11 is 0. The summed E-state index contributed by atoms with van der Waals surface area (Å²) in [5.74, 6) is -0.0813. The summed E-state index contributed by atoms with van der Waals surface area (Å²) in [6.07, 6.45) is 7.16. The molecule has 2 aromatic carbocycles. The van der Waals surface area contributed by atoms with Gasteiger partial charge in [0.15, 0.2) is 5.69 Å². The molecule has 1 aromatic heterocycles. The standard InChI is InChI=1S/C25H26N4O/c1-29(2)20-12-8-18(9-13-20)25(17-6-4-3-5-7-17)15-14-21-22(16-25)27-28-23(21)24(30)26-19-10-11-19/h3-9,12-15,19H,10-11,16H2,1-2H3,(H,26,30)(H,27,28). The van der Waals surface area contributed by atoms with Gasteiger partial charge in [-0.25, -0.2) is 0 Å². The lowest BCUT2D eigenvalue weighted by Gasteiger charge is -2.34. The molecule has 1 atom stereocenters. The van der Waals surface area contributed by atoms with Gasteiger partial charge in [-0.1, -0.05) is 54.6 Å². The monoisotopic (exact) mass is 398 g/mol. The van der Waals surface area contributed by atoms with Crippen LogP contribution in [0.5, 0.6) is 0 Å². The molecule has 2 aliphatic rings. The van der Waals surface area contributed by atoms with Crippen LogP contribution in [0.4, 0.5) is 5.69 Å². The smallest absolute Gasteiger partial charge is 0.272 e. The molecule has 152 valence electrons. The highest BCUT2D eigenvalue weighted by atomic mass is 16.2. The molecular weight excluding hydrogens is 372 g/mol. The Bertz CT molecular complexity index is 1090. The Balaban J connectivity index is 1.56. The van der Waals surface area contributed by atoms with Crippen LogP contribution in [-0.4, -0.2) is 36.2 Å². The Morgan fingerprint density at radius 1 is 1.07 bits per heavy atom. The number of fused-ring (bicyclic) bond motifs is 1. The lowest BCUT2D eigenvalue weighted by atomic mass is 9.68. The van der Waals surface area contributed by atoms with E-state index < -0.39 is 0 Å². The summed E-state index contributed by atoms with van der Waals surface area (Å²) in [5.41, 5.74) is 5.71. The van der Waals surface area contributed by atoms with Crippen LogP contribution >= 0.6 is 0 Å². The van der Waals surface area contributed by atoms with Gasteiger partial charge in [-0.3, -0.25) is 9.89 Å². The fourth-order valence-electron chi connectivity index (χ4n) is 4.27. The SMILES string of the molecule is CN(C)c1ccc(C2(c3ccccc3)C=Cc3c(C(=O)NC4CC4)n[nH]c3C2)cc1. The number of allylic oxidation sites excluding steroid dienone is 1. The molecule has 1 fully saturated rings. The van der Waals surface area contributed by atoms with Crippen molar-refractivity contribution >= 4 is 17.7 Å². The van der Waals surface area contributed by atoms with E-state index in [0.29, 0.717) is 11.7 Å². The Kier molecular flexibility index (Phi) is 4.46. The Labute approximate surface area is 176 Å². The third-order valence-electron chi connectivity index (χ3n) is 6.19. The molecular formula is C25H26N4O. The highest BCUT2D eigenvalue weighted by Crippen LogP contribution is 2.42. The summed E-state index contributed by atoms with van der Waals surface area (Å²) in [5, 5.41) is 10.6. The molecule has 2 N–H and O–H groups in total. The number of nitrogens with one attached hydrogen (secondary N) is 2. The second-order valence-corrected chi connectivity index (χ2v) is 8.50. The van der Waals surface area contributed by atoms with Crippen LogP contribution in [0.1, 0.15) is 45.7 Å². The minimum Gasteiger partial charge on any atom is -0.378 e. The number of hydrogen-bond acceptors (Lipinski definition) is 3. The number of carbonyl (C=O) groups excluding carboxylic acids is 1. The van der Waals surface area contributed by atoms with Gasteiger partial charge < -0.3 is 10.2 Å². The van der Waals surface area contributed by atoms with Crippen LogP contribution in [0.25, 0.3) is 6.08 Å².